The predicted molar refractivity (Wildman–Crippen MR) is 39.3 cm³/mol. The van der Waals surface area contributed by atoms with Crippen LogP contribution in [0.15, 0.2) is 0 Å². The molecule has 0 radical (unpaired) electrons. The molecule has 0 aliphatic carbocycles. The monoisotopic (exact) mass is 194 g/mol. The van der Waals surface area contributed by atoms with Crippen LogP contribution in [0.25, 0.3) is 0 Å². The second-order valence-electron chi connectivity index (χ2n) is 1.88. The molecule has 0 rings (SSSR count). The van der Waals surface area contributed by atoms with Crippen LogP contribution in [0.1, 0.15) is 20.3 Å². The average Bonchev–Trinajstić information content (AvgIpc) is 1.87. The van der Waals surface area contributed by atoms with Gasteiger partial charge in [-0.25, -0.2) is 0 Å². The van der Waals surface area contributed by atoms with E-state index < -0.39 is 0 Å². The van der Waals surface area contributed by atoms with Crippen LogP contribution in [0, 0.1) is 5.92 Å². The van der Waals surface area contributed by atoms with Gasteiger partial charge in [0.15, 0.2) is 0 Å². The van der Waals surface area contributed by atoms with E-state index in [0.717, 1.165) is 6.42 Å². The fourth-order valence-electron chi connectivity index (χ4n) is 0.363. The quantitative estimate of drug-likeness (QED) is 0.508. The maximum atomic E-state index is 10.7. The molecule has 9 heavy (non-hydrogen) atoms. The summed E-state index contributed by atoms with van der Waals surface area (Å²) in [6, 6.07) is 0. The molecular formula is C6H11BrO2. The van der Waals surface area contributed by atoms with E-state index in [-0.39, 0.29) is 11.9 Å². The van der Waals surface area contributed by atoms with Crippen molar-refractivity contribution in [3.8, 4) is 0 Å². The molecule has 0 fully saturated rings. The molecular weight excluding hydrogens is 184 g/mol. The fraction of sp³-hybridized carbons (Fsp3) is 0.833. The Morgan fingerprint density at radius 1 is 1.78 bits per heavy atom. The maximum absolute atomic E-state index is 10.7. The van der Waals surface area contributed by atoms with Crippen molar-refractivity contribution >= 4 is 21.9 Å². The van der Waals surface area contributed by atoms with E-state index in [4.69, 9.17) is 0 Å². The zero-order valence-electron chi connectivity index (χ0n) is 5.69. The Hall–Kier alpha value is -0.0500. The Kier molecular flexibility index (Phi) is 4.77. The van der Waals surface area contributed by atoms with Crippen LogP contribution < -0.4 is 0 Å². The Morgan fingerprint density at radius 3 is 2.67 bits per heavy atom. The Morgan fingerprint density at radius 2 is 2.33 bits per heavy atom. The summed E-state index contributed by atoms with van der Waals surface area (Å²) in [5.41, 5.74) is 0.302. The van der Waals surface area contributed by atoms with Gasteiger partial charge in [-0.15, -0.1) is 0 Å². The minimum Gasteiger partial charge on any atom is -0.454 e. The van der Waals surface area contributed by atoms with E-state index in [2.05, 4.69) is 20.7 Å². The van der Waals surface area contributed by atoms with Crippen LogP contribution >= 0.6 is 15.9 Å². The fourth-order valence-corrected chi connectivity index (χ4v) is 0.588. The molecule has 0 N–H and O–H groups in total. The summed E-state index contributed by atoms with van der Waals surface area (Å²) in [6.07, 6.45) is 0.839. The van der Waals surface area contributed by atoms with E-state index in [1.54, 1.807) is 0 Å². The zero-order chi connectivity index (χ0) is 7.28. The third-order valence-corrected chi connectivity index (χ3v) is 1.44. The van der Waals surface area contributed by atoms with Crippen molar-refractivity contribution in [2.24, 2.45) is 5.92 Å². The van der Waals surface area contributed by atoms with E-state index in [1.165, 1.54) is 0 Å². The molecule has 0 saturated heterocycles. The van der Waals surface area contributed by atoms with Gasteiger partial charge in [-0.05, 0) is 22.4 Å². The number of hydrogen-bond donors (Lipinski definition) is 0. The minimum atomic E-state index is -0.130. The lowest BCUT2D eigenvalue weighted by molar-refractivity contribution is -0.145. The summed E-state index contributed by atoms with van der Waals surface area (Å²) in [4.78, 5) is 10.7. The number of halogens is 1. The van der Waals surface area contributed by atoms with Gasteiger partial charge in [0.25, 0.3) is 0 Å². The molecule has 1 unspecified atom stereocenters. The number of carbonyl (C=O) groups is 1. The van der Waals surface area contributed by atoms with Crippen molar-refractivity contribution in [2.45, 2.75) is 20.3 Å². The van der Waals surface area contributed by atoms with Gasteiger partial charge in [-0.2, -0.15) is 0 Å². The summed E-state index contributed by atoms with van der Waals surface area (Å²) in [6.45, 7) is 3.81. The highest BCUT2D eigenvalue weighted by atomic mass is 79.9. The second kappa shape index (κ2) is 4.79. The van der Waals surface area contributed by atoms with Gasteiger partial charge in [0.05, 0.1) is 5.92 Å². The van der Waals surface area contributed by atoms with Gasteiger partial charge in [-0.1, -0.05) is 13.8 Å². The lowest BCUT2D eigenvalue weighted by Gasteiger charge is -2.04. The first-order valence-electron chi connectivity index (χ1n) is 2.95. The van der Waals surface area contributed by atoms with Crippen LogP contribution in [0.4, 0.5) is 0 Å². The molecule has 0 heterocycles. The standard InChI is InChI=1S/C6H11BrO2/c1-3-5(2)6(8)9-4-7/h5H,3-4H2,1-2H3. The second-order valence-corrected chi connectivity index (χ2v) is 2.34. The minimum absolute atomic E-state index is 0.0301. The van der Waals surface area contributed by atoms with E-state index >= 15 is 0 Å². The maximum Gasteiger partial charge on any atom is 0.309 e. The topological polar surface area (TPSA) is 26.3 Å². The van der Waals surface area contributed by atoms with Gasteiger partial charge in [0.2, 0.25) is 0 Å². The first-order chi connectivity index (χ1) is 4.22. The van der Waals surface area contributed by atoms with Gasteiger partial charge in [0.1, 0.15) is 5.52 Å². The first kappa shape index (κ1) is 8.95. The zero-order valence-corrected chi connectivity index (χ0v) is 7.27. The van der Waals surface area contributed by atoms with Crippen molar-refractivity contribution in [2.75, 3.05) is 5.52 Å². The van der Waals surface area contributed by atoms with E-state index in [0.29, 0.717) is 5.52 Å². The molecule has 0 spiro atoms. The molecule has 0 amide bonds. The van der Waals surface area contributed by atoms with Crippen molar-refractivity contribution in [3.05, 3.63) is 0 Å². The number of hydrogen-bond acceptors (Lipinski definition) is 2. The summed E-state index contributed by atoms with van der Waals surface area (Å²) in [5, 5.41) is 0. The summed E-state index contributed by atoms with van der Waals surface area (Å²) in [5.74, 6) is -0.100. The van der Waals surface area contributed by atoms with Gasteiger partial charge < -0.3 is 4.74 Å². The van der Waals surface area contributed by atoms with Crippen molar-refractivity contribution < 1.29 is 9.53 Å². The summed E-state index contributed by atoms with van der Waals surface area (Å²) < 4.78 is 4.67. The van der Waals surface area contributed by atoms with E-state index in [1.807, 2.05) is 13.8 Å². The molecule has 0 aromatic heterocycles. The van der Waals surface area contributed by atoms with Crippen LogP contribution in [-0.2, 0) is 9.53 Å². The van der Waals surface area contributed by atoms with Crippen molar-refractivity contribution in [1.82, 2.24) is 0 Å². The smallest absolute Gasteiger partial charge is 0.309 e. The van der Waals surface area contributed by atoms with Crippen LogP contribution in [0.5, 0.6) is 0 Å². The van der Waals surface area contributed by atoms with Crippen LogP contribution in [0.3, 0.4) is 0 Å². The third kappa shape index (κ3) is 3.51. The highest BCUT2D eigenvalue weighted by Crippen LogP contribution is 2.03. The Balaban J connectivity index is 3.46. The van der Waals surface area contributed by atoms with Crippen LogP contribution in [0.2, 0.25) is 0 Å². The van der Waals surface area contributed by atoms with Crippen molar-refractivity contribution in [1.29, 1.82) is 0 Å². The molecule has 0 aromatic carbocycles. The summed E-state index contributed by atoms with van der Waals surface area (Å²) in [7, 11) is 0. The average molecular weight is 195 g/mol. The number of esters is 1. The molecule has 0 aliphatic rings. The molecule has 0 aliphatic heterocycles. The molecule has 54 valence electrons. The molecule has 1 atom stereocenters. The molecule has 0 aromatic rings. The number of ether oxygens (including phenoxy) is 1. The number of rotatable bonds is 3. The molecule has 0 bridgehead atoms. The number of alkyl halides is 1. The van der Waals surface area contributed by atoms with Gasteiger partial charge in [-0.3, -0.25) is 4.79 Å². The lowest BCUT2D eigenvalue weighted by atomic mass is 10.1. The van der Waals surface area contributed by atoms with Gasteiger partial charge in [0, 0.05) is 0 Å². The molecule has 0 saturated carbocycles. The third-order valence-electron chi connectivity index (χ3n) is 1.21. The Bertz CT molecular complexity index is 93.1. The van der Waals surface area contributed by atoms with Crippen LogP contribution in [-0.4, -0.2) is 11.5 Å². The SMILES string of the molecule is CCC(C)C(=O)OCBr. The normalized spacial score (nSPS) is 12.8. The molecule has 2 nitrogen and oxygen atoms in total. The first-order valence-corrected chi connectivity index (χ1v) is 4.07. The Labute approximate surface area is 63.7 Å². The van der Waals surface area contributed by atoms with E-state index in [9.17, 15) is 4.79 Å². The lowest BCUT2D eigenvalue weighted by Crippen LogP contribution is -2.12. The summed E-state index contributed by atoms with van der Waals surface area (Å²) >= 11 is 3.00. The highest BCUT2D eigenvalue weighted by molar-refractivity contribution is 9.09. The predicted octanol–water partition coefficient (Wildman–Crippen LogP) is 1.93. The number of carbonyl (C=O) groups excluding carboxylic acids is 1. The molecule has 3 heteroatoms. The van der Waals surface area contributed by atoms with Gasteiger partial charge >= 0.3 is 5.97 Å². The van der Waals surface area contributed by atoms with Crippen molar-refractivity contribution in [3.63, 3.8) is 0 Å². The highest BCUT2D eigenvalue weighted by Gasteiger charge is 2.09. The largest absolute Gasteiger partial charge is 0.454 e.